The van der Waals surface area contributed by atoms with E-state index in [1.807, 2.05) is 30.3 Å². The zero-order chi connectivity index (χ0) is 15.5. The molecule has 1 atom stereocenters. The van der Waals surface area contributed by atoms with Crippen molar-refractivity contribution in [1.82, 2.24) is 0 Å². The van der Waals surface area contributed by atoms with Gasteiger partial charge in [-0.3, -0.25) is 0 Å². The molecule has 0 bridgehead atoms. The van der Waals surface area contributed by atoms with Crippen LogP contribution in [-0.2, 0) is 0 Å². The summed E-state index contributed by atoms with van der Waals surface area (Å²) in [5.74, 6) is -1.14. The summed E-state index contributed by atoms with van der Waals surface area (Å²) in [5, 5.41) is 3.25. The van der Waals surface area contributed by atoms with Gasteiger partial charge in [0.1, 0.15) is 11.6 Å². The molecule has 2 aromatic rings. The summed E-state index contributed by atoms with van der Waals surface area (Å²) >= 11 is 0. The van der Waals surface area contributed by atoms with E-state index >= 15 is 0 Å². The molecule has 2 aromatic carbocycles. The van der Waals surface area contributed by atoms with Gasteiger partial charge in [-0.15, -0.1) is 0 Å². The van der Waals surface area contributed by atoms with Gasteiger partial charge in [0, 0.05) is 11.8 Å². The average molecular weight is 289 g/mol. The molecule has 1 nitrogen and oxygen atoms in total. The van der Waals surface area contributed by atoms with Gasteiger partial charge in [0.15, 0.2) is 0 Å². The summed E-state index contributed by atoms with van der Waals surface area (Å²) in [6.45, 7) is 6.45. The summed E-state index contributed by atoms with van der Waals surface area (Å²) in [6, 6.07) is 13.5. The predicted octanol–water partition coefficient (Wildman–Crippen LogP) is 5.55. The third-order valence-corrected chi connectivity index (χ3v) is 3.22. The molecule has 112 valence electrons. The van der Waals surface area contributed by atoms with Gasteiger partial charge >= 0.3 is 0 Å². The number of nitrogens with one attached hydrogen (secondary N) is 1. The van der Waals surface area contributed by atoms with Crippen LogP contribution in [0.25, 0.3) is 0 Å². The molecule has 0 saturated heterocycles. The molecular formula is C18H21F2N. The molecule has 2 rings (SSSR count). The van der Waals surface area contributed by atoms with Gasteiger partial charge in [0.2, 0.25) is 0 Å². The number of anilines is 1. The van der Waals surface area contributed by atoms with Crippen LogP contribution in [0.5, 0.6) is 0 Å². The molecule has 3 heteroatoms. The first-order chi connectivity index (χ1) is 9.83. The Bertz CT molecular complexity index is 568. The predicted molar refractivity (Wildman–Crippen MR) is 83.2 cm³/mol. The van der Waals surface area contributed by atoms with Crippen molar-refractivity contribution in [3.05, 3.63) is 65.7 Å². The maximum Gasteiger partial charge on any atom is 0.128 e. The lowest BCUT2D eigenvalue weighted by atomic mass is 9.85. The van der Waals surface area contributed by atoms with Gasteiger partial charge in [0.25, 0.3) is 0 Å². The second-order valence-electron chi connectivity index (χ2n) is 6.53. The molecule has 0 amide bonds. The van der Waals surface area contributed by atoms with E-state index in [1.54, 1.807) is 0 Å². The van der Waals surface area contributed by atoms with Crippen LogP contribution in [0, 0.1) is 17.0 Å². The van der Waals surface area contributed by atoms with Gasteiger partial charge in [-0.1, -0.05) is 51.1 Å². The van der Waals surface area contributed by atoms with Crippen molar-refractivity contribution in [2.24, 2.45) is 5.41 Å². The normalized spacial score (nSPS) is 13.0. The molecule has 21 heavy (non-hydrogen) atoms. The Labute approximate surface area is 125 Å². The topological polar surface area (TPSA) is 12.0 Å². The Morgan fingerprint density at radius 2 is 1.52 bits per heavy atom. The van der Waals surface area contributed by atoms with Crippen LogP contribution in [0.2, 0.25) is 0 Å². The largest absolute Gasteiger partial charge is 0.378 e. The third kappa shape index (κ3) is 4.85. The Morgan fingerprint density at radius 1 is 0.952 bits per heavy atom. The van der Waals surface area contributed by atoms with Gasteiger partial charge in [-0.2, -0.15) is 0 Å². The summed E-state index contributed by atoms with van der Waals surface area (Å²) in [4.78, 5) is 0. The van der Waals surface area contributed by atoms with Crippen LogP contribution in [0.3, 0.4) is 0 Å². The Morgan fingerprint density at radius 3 is 2.05 bits per heavy atom. The summed E-state index contributed by atoms with van der Waals surface area (Å²) in [6.07, 6.45) is 0.856. The van der Waals surface area contributed by atoms with E-state index in [4.69, 9.17) is 0 Å². The highest BCUT2D eigenvalue weighted by Gasteiger charge is 2.20. The van der Waals surface area contributed by atoms with Crippen molar-refractivity contribution in [1.29, 1.82) is 0 Å². The molecule has 0 aliphatic carbocycles. The van der Waals surface area contributed by atoms with Crippen molar-refractivity contribution < 1.29 is 8.78 Å². The smallest absolute Gasteiger partial charge is 0.128 e. The maximum absolute atomic E-state index is 13.3. The molecule has 0 aliphatic rings. The van der Waals surface area contributed by atoms with Crippen LogP contribution in [0.4, 0.5) is 14.5 Å². The fourth-order valence-electron chi connectivity index (χ4n) is 2.39. The summed E-state index contributed by atoms with van der Waals surface area (Å²) in [5.41, 5.74) is 1.67. The highest BCUT2D eigenvalue weighted by atomic mass is 19.1. The van der Waals surface area contributed by atoms with Gasteiger partial charge < -0.3 is 5.32 Å². The standard InChI is InChI=1S/C18H21F2N/c1-18(2,3)12-17(13-7-5-4-6-8-13)21-16-10-14(19)9-15(20)11-16/h4-11,17,21H,12H2,1-3H3. The van der Waals surface area contributed by atoms with Gasteiger partial charge in [-0.05, 0) is 29.5 Å². The van der Waals surface area contributed by atoms with E-state index < -0.39 is 11.6 Å². The zero-order valence-corrected chi connectivity index (χ0v) is 12.7. The summed E-state index contributed by atoms with van der Waals surface area (Å²) < 4.78 is 26.7. The molecular weight excluding hydrogens is 268 g/mol. The minimum atomic E-state index is -0.569. The third-order valence-electron chi connectivity index (χ3n) is 3.22. The first-order valence-electron chi connectivity index (χ1n) is 7.11. The van der Waals surface area contributed by atoms with Crippen molar-refractivity contribution >= 4 is 5.69 Å². The molecule has 0 fully saturated rings. The highest BCUT2D eigenvalue weighted by molar-refractivity contribution is 5.46. The Kier molecular flexibility index (Phi) is 4.61. The van der Waals surface area contributed by atoms with E-state index in [0.29, 0.717) is 5.69 Å². The molecule has 1 N–H and O–H groups in total. The zero-order valence-electron chi connectivity index (χ0n) is 12.7. The Hall–Kier alpha value is -1.90. The minimum Gasteiger partial charge on any atom is -0.378 e. The molecule has 0 saturated carbocycles. The second-order valence-corrected chi connectivity index (χ2v) is 6.53. The van der Waals surface area contributed by atoms with Crippen LogP contribution < -0.4 is 5.32 Å². The lowest BCUT2D eigenvalue weighted by Gasteiger charge is -2.28. The first kappa shape index (κ1) is 15.5. The van der Waals surface area contributed by atoms with Crippen LogP contribution in [0.1, 0.15) is 38.8 Å². The number of halogens is 2. The van der Waals surface area contributed by atoms with Crippen molar-refractivity contribution in [3.63, 3.8) is 0 Å². The number of hydrogen-bond acceptors (Lipinski definition) is 1. The van der Waals surface area contributed by atoms with Crippen LogP contribution in [-0.4, -0.2) is 0 Å². The molecule has 1 unspecified atom stereocenters. The molecule has 0 spiro atoms. The SMILES string of the molecule is CC(C)(C)CC(Nc1cc(F)cc(F)c1)c1ccccc1. The monoisotopic (exact) mass is 289 g/mol. The fourth-order valence-corrected chi connectivity index (χ4v) is 2.39. The van der Waals surface area contributed by atoms with Crippen molar-refractivity contribution in [3.8, 4) is 0 Å². The molecule has 0 aliphatic heterocycles. The Balaban J connectivity index is 2.27. The fraction of sp³-hybridized carbons (Fsp3) is 0.333. The van der Waals surface area contributed by atoms with E-state index in [2.05, 4.69) is 26.1 Å². The highest BCUT2D eigenvalue weighted by Crippen LogP contribution is 2.32. The summed E-state index contributed by atoms with van der Waals surface area (Å²) in [7, 11) is 0. The molecule has 0 radical (unpaired) electrons. The van der Waals surface area contributed by atoms with Gasteiger partial charge in [-0.25, -0.2) is 8.78 Å². The second kappa shape index (κ2) is 6.25. The molecule has 0 heterocycles. The van der Waals surface area contributed by atoms with E-state index in [9.17, 15) is 8.78 Å². The van der Waals surface area contributed by atoms with E-state index in [0.717, 1.165) is 18.1 Å². The lowest BCUT2D eigenvalue weighted by Crippen LogP contribution is -2.18. The van der Waals surface area contributed by atoms with Crippen LogP contribution in [0.15, 0.2) is 48.5 Å². The minimum absolute atomic E-state index is 0.00685. The molecule has 0 aromatic heterocycles. The van der Waals surface area contributed by atoms with Crippen molar-refractivity contribution in [2.75, 3.05) is 5.32 Å². The quantitative estimate of drug-likeness (QED) is 0.777. The lowest BCUT2D eigenvalue weighted by molar-refractivity contribution is 0.352. The van der Waals surface area contributed by atoms with Gasteiger partial charge in [0.05, 0.1) is 6.04 Å². The number of benzene rings is 2. The number of rotatable bonds is 4. The van der Waals surface area contributed by atoms with Crippen LogP contribution >= 0.6 is 0 Å². The average Bonchev–Trinajstić information content (AvgIpc) is 2.36. The number of hydrogen-bond donors (Lipinski definition) is 1. The van der Waals surface area contributed by atoms with E-state index in [-0.39, 0.29) is 11.5 Å². The van der Waals surface area contributed by atoms with E-state index in [1.165, 1.54) is 12.1 Å². The first-order valence-corrected chi connectivity index (χ1v) is 7.11. The van der Waals surface area contributed by atoms with Crippen molar-refractivity contribution in [2.45, 2.75) is 33.2 Å². The maximum atomic E-state index is 13.3.